The molecule has 2 aromatic heterocycles. The zero-order chi connectivity index (χ0) is 14.1. The number of nitrogens with zero attached hydrogens (tertiary/aromatic N) is 3. The van der Waals surface area contributed by atoms with Crippen LogP contribution in [0.15, 0.2) is 22.8 Å². The molecule has 4 nitrogen and oxygen atoms in total. The van der Waals surface area contributed by atoms with Gasteiger partial charge in [-0.05, 0) is 70.4 Å². The van der Waals surface area contributed by atoms with Crippen molar-refractivity contribution in [2.75, 3.05) is 11.9 Å². The molecule has 1 aliphatic carbocycles. The lowest BCUT2D eigenvalue weighted by Gasteiger charge is -2.12. The van der Waals surface area contributed by atoms with Crippen LogP contribution in [0.3, 0.4) is 0 Å². The molecule has 1 N–H and O–H groups in total. The minimum Gasteiger partial charge on any atom is -0.369 e. The largest absolute Gasteiger partial charge is 0.369 e. The van der Waals surface area contributed by atoms with Crippen molar-refractivity contribution in [1.29, 1.82) is 0 Å². The fraction of sp³-hybridized carbons (Fsp3) is 0.357. The van der Waals surface area contributed by atoms with Crippen molar-refractivity contribution in [1.82, 2.24) is 15.0 Å². The van der Waals surface area contributed by atoms with Crippen LogP contribution in [-0.4, -0.2) is 21.5 Å². The number of hydrogen-bond donors (Lipinski definition) is 1. The highest BCUT2D eigenvalue weighted by Gasteiger charge is 2.29. The number of halogens is 2. The average Bonchev–Trinajstić information content (AvgIpc) is 3.26. The molecular weight excluding hydrogens is 431 g/mol. The molecule has 0 bridgehead atoms. The summed E-state index contributed by atoms with van der Waals surface area (Å²) in [5.41, 5.74) is 1.95. The normalized spacial score (nSPS) is 14.3. The number of pyridine rings is 1. The maximum absolute atomic E-state index is 4.76. The molecule has 0 unspecified atom stereocenters. The van der Waals surface area contributed by atoms with E-state index in [0.29, 0.717) is 11.7 Å². The molecule has 0 atom stereocenters. The van der Waals surface area contributed by atoms with E-state index in [9.17, 15) is 0 Å². The maximum Gasteiger partial charge on any atom is 0.181 e. The predicted octanol–water partition coefficient (Wildman–Crippen LogP) is 4.21. The quantitative estimate of drug-likeness (QED) is 0.717. The highest BCUT2D eigenvalue weighted by molar-refractivity contribution is 14.1. The van der Waals surface area contributed by atoms with Gasteiger partial charge in [0, 0.05) is 23.1 Å². The lowest BCUT2D eigenvalue weighted by Crippen LogP contribution is -2.08. The Morgan fingerprint density at radius 2 is 2.20 bits per heavy atom. The predicted molar refractivity (Wildman–Crippen MR) is 91.8 cm³/mol. The van der Waals surface area contributed by atoms with Crippen LogP contribution in [0.2, 0.25) is 0 Å². The van der Waals surface area contributed by atoms with E-state index in [1.54, 1.807) is 6.20 Å². The second-order valence-corrected chi connectivity index (χ2v) is 6.67. The van der Waals surface area contributed by atoms with Gasteiger partial charge in [-0.3, -0.25) is 4.98 Å². The minimum absolute atomic E-state index is 0.587. The van der Waals surface area contributed by atoms with Crippen molar-refractivity contribution < 1.29 is 0 Å². The lowest BCUT2D eigenvalue weighted by atomic mass is 10.2. The standard InChI is InChI=1S/C14H14BrIN4/c1-2-17-13-10(16)11(8-5-6-8)19-14(20-13)12-9(15)4-3-7-18-12/h3-4,7-8H,2,5-6H2,1H3,(H,17,19,20). The number of hydrogen-bond acceptors (Lipinski definition) is 4. The summed E-state index contributed by atoms with van der Waals surface area (Å²) in [7, 11) is 0. The van der Waals surface area contributed by atoms with Gasteiger partial charge in [0.1, 0.15) is 11.5 Å². The SMILES string of the molecule is CCNc1nc(-c2ncccc2Br)nc(C2CC2)c1I. The molecule has 0 spiro atoms. The maximum atomic E-state index is 4.76. The Kier molecular flexibility index (Phi) is 4.21. The minimum atomic E-state index is 0.587. The Hall–Kier alpha value is -0.760. The summed E-state index contributed by atoms with van der Waals surface area (Å²) >= 11 is 5.87. The third-order valence-corrected chi connectivity index (χ3v) is 4.86. The number of anilines is 1. The summed E-state index contributed by atoms with van der Waals surface area (Å²) in [6.07, 6.45) is 4.22. The Bertz CT molecular complexity index is 643. The van der Waals surface area contributed by atoms with E-state index in [-0.39, 0.29) is 0 Å². The van der Waals surface area contributed by atoms with Gasteiger partial charge >= 0.3 is 0 Å². The van der Waals surface area contributed by atoms with Gasteiger partial charge in [0.15, 0.2) is 5.82 Å². The van der Waals surface area contributed by atoms with E-state index in [2.05, 4.69) is 60.7 Å². The van der Waals surface area contributed by atoms with Crippen LogP contribution in [0.1, 0.15) is 31.4 Å². The van der Waals surface area contributed by atoms with Gasteiger partial charge in [-0.1, -0.05) is 0 Å². The molecule has 0 saturated heterocycles. The van der Waals surface area contributed by atoms with E-state index < -0.39 is 0 Å². The summed E-state index contributed by atoms with van der Waals surface area (Å²) in [5, 5.41) is 3.33. The second-order valence-electron chi connectivity index (χ2n) is 4.73. The number of aromatic nitrogens is 3. The fourth-order valence-corrected chi connectivity index (χ4v) is 3.34. The zero-order valence-corrected chi connectivity index (χ0v) is 14.8. The average molecular weight is 445 g/mol. The van der Waals surface area contributed by atoms with Crippen LogP contribution >= 0.6 is 38.5 Å². The van der Waals surface area contributed by atoms with Gasteiger partial charge < -0.3 is 5.32 Å². The van der Waals surface area contributed by atoms with Crippen molar-refractivity contribution in [3.8, 4) is 11.5 Å². The molecule has 1 aliphatic rings. The summed E-state index contributed by atoms with van der Waals surface area (Å²) in [6, 6.07) is 3.86. The van der Waals surface area contributed by atoms with E-state index in [4.69, 9.17) is 4.98 Å². The first-order valence-electron chi connectivity index (χ1n) is 6.63. The number of nitrogens with one attached hydrogen (secondary N) is 1. The van der Waals surface area contributed by atoms with Gasteiger partial charge in [-0.2, -0.15) is 0 Å². The highest BCUT2D eigenvalue weighted by atomic mass is 127. The van der Waals surface area contributed by atoms with Gasteiger partial charge in [-0.15, -0.1) is 0 Å². The molecule has 1 fully saturated rings. The molecule has 3 rings (SSSR count). The molecule has 1 saturated carbocycles. The molecule has 6 heteroatoms. The molecule has 0 aliphatic heterocycles. The van der Waals surface area contributed by atoms with Crippen molar-refractivity contribution in [3.63, 3.8) is 0 Å². The Balaban J connectivity index is 2.13. The number of rotatable bonds is 4. The van der Waals surface area contributed by atoms with E-state index in [1.807, 2.05) is 12.1 Å². The lowest BCUT2D eigenvalue weighted by molar-refractivity contribution is 0.965. The van der Waals surface area contributed by atoms with Gasteiger partial charge in [0.25, 0.3) is 0 Å². The zero-order valence-electron chi connectivity index (χ0n) is 11.0. The van der Waals surface area contributed by atoms with E-state index >= 15 is 0 Å². The summed E-state index contributed by atoms with van der Waals surface area (Å²) in [5.74, 6) is 2.19. The van der Waals surface area contributed by atoms with Gasteiger partial charge in [0.05, 0.1) is 9.26 Å². The Morgan fingerprint density at radius 1 is 1.40 bits per heavy atom. The third kappa shape index (κ3) is 2.81. The summed E-state index contributed by atoms with van der Waals surface area (Å²) < 4.78 is 2.06. The molecule has 2 heterocycles. The Morgan fingerprint density at radius 3 is 2.85 bits per heavy atom. The molecular formula is C14H14BrIN4. The molecule has 2 aromatic rings. The second kappa shape index (κ2) is 5.93. The van der Waals surface area contributed by atoms with Crippen molar-refractivity contribution in [2.45, 2.75) is 25.7 Å². The van der Waals surface area contributed by atoms with Crippen LogP contribution < -0.4 is 5.32 Å². The van der Waals surface area contributed by atoms with Crippen LogP contribution in [0.4, 0.5) is 5.82 Å². The molecule has 0 radical (unpaired) electrons. The van der Waals surface area contributed by atoms with Crippen molar-refractivity contribution in [2.24, 2.45) is 0 Å². The first kappa shape index (κ1) is 14.2. The highest BCUT2D eigenvalue weighted by Crippen LogP contribution is 2.43. The van der Waals surface area contributed by atoms with Crippen LogP contribution in [0.25, 0.3) is 11.5 Å². The van der Waals surface area contributed by atoms with Crippen molar-refractivity contribution in [3.05, 3.63) is 32.1 Å². The van der Waals surface area contributed by atoms with E-state index in [1.165, 1.54) is 12.8 Å². The van der Waals surface area contributed by atoms with Gasteiger partial charge in [-0.25, -0.2) is 9.97 Å². The Labute approximate surface area is 140 Å². The first-order valence-corrected chi connectivity index (χ1v) is 8.50. The molecule has 0 aromatic carbocycles. The van der Waals surface area contributed by atoms with Crippen LogP contribution in [-0.2, 0) is 0 Å². The molecule has 0 amide bonds. The monoisotopic (exact) mass is 444 g/mol. The first-order chi connectivity index (χ1) is 9.70. The fourth-order valence-electron chi connectivity index (χ4n) is 2.03. The van der Waals surface area contributed by atoms with E-state index in [0.717, 1.165) is 31.8 Å². The van der Waals surface area contributed by atoms with Crippen LogP contribution in [0, 0.1) is 3.57 Å². The smallest absolute Gasteiger partial charge is 0.181 e. The summed E-state index contributed by atoms with van der Waals surface area (Å²) in [4.78, 5) is 13.8. The van der Waals surface area contributed by atoms with Crippen LogP contribution in [0.5, 0.6) is 0 Å². The molecule has 104 valence electrons. The molecule has 20 heavy (non-hydrogen) atoms. The van der Waals surface area contributed by atoms with Gasteiger partial charge in [0.2, 0.25) is 0 Å². The topological polar surface area (TPSA) is 50.7 Å². The summed E-state index contributed by atoms with van der Waals surface area (Å²) in [6.45, 7) is 2.92. The van der Waals surface area contributed by atoms with Crippen molar-refractivity contribution >= 4 is 44.3 Å². The third-order valence-electron chi connectivity index (χ3n) is 3.16.